The van der Waals surface area contributed by atoms with Crippen LogP contribution >= 0.6 is 0 Å². The molecule has 2 heteroatoms. The monoisotopic (exact) mass is 244 g/mol. The Bertz CT molecular complexity index is 419. The van der Waals surface area contributed by atoms with Gasteiger partial charge in [0.25, 0.3) is 0 Å². The standard InChI is InChI=1S/C16H24N2/c1-12(17)13-7-8-16-14(11-13)9-10-18(16)15-5-3-2-4-6-15/h7-8,11-12,15H,2-6,9-10,17H2,1H3/t12-/m1/s1. The number of hydrogen-bond acceptors (Lipinski definition) is 2. The smallest absolute Gasteiger partial charge is 0.0402 e. The van der Waals surface area contributed by atoms with E-state index in [9.17, 15) is 0 Å². The van der Waals surface area contributed by atoms with E-state index in [0.29, 0.717) is 0 Å². The van der Waals surface area contributed by atoms with Crippen molar-refractivity contribution < 1.29 is 0 Å². The highest BCUT2D eigenvalue weighted by atomic mass is 15.2. The molecule has 2 nitrogen and oxygen atoms in total. The first kappa shape index (κ1) is 12.0. The highest BCUT2D eigenvalue weighted by molar-refractivity contribution is 5.60. The van der Waals surface area contributed by atoms with Gasteiger partial charge in [-0.25, -0.2) is 0 Å². The van der Waals surface area contributed by atoms with Gasteiger partial charge in [0, 0.05) is 24.3 Å². The molecule has 3 rings (SSSR count). The molecule has 1 saturated carbocycles. The Balaban J connectivity index is 1.83. The minimum Gasteiger partial charge on any atom is -0.368 e. The molecular formula is C16H24N2. The molecule has 1 aliphatic heterocycles. The second-order valence-electron chi connectivity index (χ2n) is 5.91. The minimum absolute atomic E-state index is 0.152. The van der Waals surface area contributed by atoms with Gasteiger partial charge in [0.05, 0.1) is 0 Å². The first-order valence-corrected chi connectivity index (χ1v) is 7.41. The summed E-state index contributed by atoms with van der Waals surface area (Å²) in [5.41, 5.74) is 10.2. The highest BCUT2D eigenvalue weighted by Crippen LogP contribution is 2.35. The Labute approximate surface area is 110 Å². The van der Waals surface area contributed by atoms with Gasteiger partial charge in [-0.1, -0.05) is 31.4 Å². The molecule has 1 aromatic rings. The lowest BCUT2D eigenvalue weighted by atomic mass is 9.94. The highest BCUT2D eigenvalue weighted by Gasteiger charge is 2.27. The first-order chi connectivity index (χ1) is 8.75. The molecule has 0 radical (unpaired) electrons. The van der Waals surface area contributed by atoms with Gasteiger partial charge in [0.2, 0.25) is 0 Å². The Kier molecular flexibility index (Phi) is 3.29. The van der Waals surface area contributed by atoms with Gasteiger partial charge < -0.3 is 10.6 Å². The second-order valence-corrected chi connectivity index (χ2v) is 5.91. The fourth-order valence-electron chi connectivity index (χ4n) is 3.50. The molecule has 1 fully saturated rings. The van der Waals surface area contributed by atoms with E-state index in [0.717, 1.165) is 6.04 Å². The molecule has 1 aliphatic carbocycles. The summed E-state index contributed by atoms with van der Waals surface area (Å²) in [5.74, 6) is 0. The molecule has 2 N–H and O–H groups in total. The van der Waals surface area contributed by atoms with Crippen LogP contribution in [-0.4, -0.2) is 12.6 Å². The van der Waals surface area contributed by atoms with Crippen LogP contribution < -0.4 is 10.6 Å². The van der Waals surface area contributed by atoms with E-state index in [1.165, 1.54) is 61.9 Å². The maximum atomic E-state index is 5.97. The summed E-state index contributed by atoms with van der Waals surface area (Å²) >= 11 is 0. The summed E-state index contributed by atoms with van der Waals surface area (Å²) < 4.78 is 0. The molecular weight excluding hydrogens is 220 g/mol. The third-order valence-electron chi connectivity index (χ3n) is 4.58. The van der Waals surface area contributed by atoms with Crippen molar-refractivity contribution in [3.63, 3.8) is 0 Å². The van der Waals surface area contributed by atoms with Crippen LogP contribution in [0.4, 0.5) is 5.69 Å². The molecule has 1 aromatic carbocycles. The van der Waals surface area contributed by atoms with Crippen LogP contribution in [0, 0.1) is 0 Å². The molecule has 0 unspecified atom stereocenters. The number of hydrogen-bond donors (Lipinski definition) is 1. The average molecular weight is 244 g/mol. The van der Waals surface area contributed by atoms with Crippen molar-refractivity contribution in [1.29, 1.82) is 0 Å². The van der Waals surface area contributed by atoms with Crippen molar-refractivity contribution in [2.24, 2.45) is 5.73 Å². The van der Waals surface area contributed by atoms with Gasteiger partial charge in [-0.2, -0.15) is 0 Å². The van der Waals surface area contributed by atoms with E-state index >= 15 is 0 Å². The first-order valence-electron chi connectivity index (χ1n) is 7.41. The van der Waals surface area contributed by atoms with Gasteiger partial charge in [0.1, 0.15) is 0 Å². The average Bonchev–Trinajstić information content (AvgIpc) is 2.82. The molecule has 0 spiro atoms. The van der Waals surface area contributed by atoms with Crippen LogP contribution in [0.5, 0.6) is 0 Å². The lowest BCUT2D eigenvalue weighted by Gasteiger charge is -2.33. The maximum absolute atomic E-state index is 5.97. The SMILES string of the molecule is C[C@@H](N)c1ccc2c(c1)CCN2C1CCCCC1. The quantitative estimate of drug-likeness (QED) is 0.864. The number of benzene rings is 1. The predicted molar refractivity (Wildman–Crippen MR) is 77.0 cm³/mol. The zero-order valence-electron chi connectivity index (χ0n) is 11.4. The summed E-state index contributed by atoms with van der Waals surface area (Å²) in [6, 6.07) is 7.78. The number of rotatable bonds is 2. The van der Waals surface area contributed by atoms with E-state index in [1.54, 1.807) is 0 Å². The number of anilines is 1. The van der Waals surface area contributed by atoms with Crippen LogP contribution in [-0.2, 0) is 6.42 Å². The van der Waals surface area contributed by atoms with Crippen molar-refractivity contribution in [2.45, 2.75) is 57.5 Å². The van der Waals surface area contributed by atoms with Crippen LogP contribution in [0.1, 0.15) is 56.2 Å². The second kappa shape index (κ2) is 4.93. The molecule has 0 amide bonds. The Morgan fingerprint density at radius 3 is 2.72 bits per heavy atom. The molecule has 2 aliphatic rings. The van der Waals surface area contributed by atoms with Crippen molar-refractivity contribution in [3.05, 3.63) is 29.3 Å². The van der Waals surface area contributed by atoms with Crippen LogP contribution in [0.25, 0.3) is 0 Å². The zero-order valence-corrected chi connectivity index (χ0v) is 11.4. The van der Waals surface area contributed by atoms with Gasteiger partial charge in [0.15, 0.2) is 0 Å². The van der Waals surface area contributed by atoms with Crippen LogP contribution in [0.15, 0.2) is 18.2 Å². The van der Waals surface area contributed by atoms with Gasteiger partial charge in [-0.15, -0.1) is 0 Å². The zero-order chi connectivity index (χ0) is 12.5. The molecule has 1 heterocycles. The fourth-order valence-corrected chi connectivity index (χ4v) is 3.50. The summed E-state index contributed by atoms with van der Waals surface area (Å²) in [6.07, 6.45) is 8.22. The molecule has 0 aromatic heterocycles. The van der Waals surface area contributed by atoms with Gasteiger partial charge >= 0.3 is 0 Å². The number of nitrogens with two attached hydrogens (primary N) is 1. The Morgan fingerprint density at radius 1 is 1.22 bits per heavy atom. The van der Waals surface area contributed by atoms with Crippen molar-refractivity contribution in [2.75, 3.05) is 11.4 Å². The van der Waals surface area contributed by atoms with E-state index in [2.05, 4.69) is 30.0 Å². The third-order valence-corrected chi connectivity index (χ3v) is 4.58. The normalized spacial score (nSPS) is 22.0. The van der Waals surface area contributed by atoms with Gasteiger partial charge in [-0.3, -0.25) is 0 Å². The van der Waals surface area contributed by atoms with Crippen LogP contribution in [0.3, 0.4) is 0 Å². The lowest BCUT2D eigenvalue weighted by molar-refractivity contribution is 0.420. The summed E-state index contributed by atoms with van der Waals surface area (Å²) in [7, 11) is 0. The summed E-state index contributed by atoms with van der Waals surface area (Å²) in [4.78, 5) is 2.65. The van der Waals surface area contributed by atoms with Gasteiger partial charge in [-0.05, 0) is 43.4 Å². The molecule has 1 atom stereocenters. The predicted octanol–water partition coefficient (Wildman–Crippen LogP) is 3.40. The molecule has 0 saturated heterocycles. The Morgan fingerprint density at radius 2 is 2.00 bits per heavy atom. The molecule has 98 valence electrons. The van der Waals surface area contributed by atoms with Crippen molar-refractivity contribution in [3.8, 4) is 0 Å². The fraction of sp³-hybridized carbons (Fsp3) is 0.625. The summed E-state index contributed by atoms with van der Waals surface area (Å²) in [6.45, 7) is 3.28. The van der Waals surface area contributed by atoms with E-state index < -0.39 is 0 Å². The molecule has 18 heavy (non-hydrogen) atoms. The Hall–Kier alpha value is -1.02. The van der Waals surface area contributed by atoms with Crippen molar-refractivity contribution in [1.82, 2.24) is 0 Å². The topological polar surface area (TPSA) is 29.3 Å². The van der Waals surface area contributed by atoms with E-state index in [4.69, 9.17) is 5.73 Å². The van der Waals surface area contributed by atoms with E-state index in [-0.39, 0.29) is 6.04 Å². The minimum atomic E-state index is 0.152. The third kappa shape index (κ3) is 2.14. The van der Waals surface area contributed by atoms with Crippen molar-refractivity contribution >= 4 is 5.69 Å². The number of fused-ring (bicyclic) bond motifs is 1. The summed E-state index contributed by atoms with van der Waals surface area (Å²) in [5, 5.41) is 0. The lowest BCUT2D eigenvalue weighted by Crippen LogP contribution is -2.35. The number of nitrogens with zero attached hydrogens (tertiary/aromatic N) is 1. The largest absolute Gasteiger partial charge is 0.368 e. The van der Waals surface area contributed by atoms with Crippen LogP contribution in [0.2, 0.25) is 0 Å². The van der Waals surface area contributed by atoms with E-state index in [1.807, 2.05) is 0 Å². The molecule has 0 bridgehead atoms. The maximum Gasteiger partial charge on any atom is 0.0402 e.